The molecule has 1 aromatic heterocycles. The highest BCUT2D eigenvalue weighted by molar-refractivity contribution is 7.15. The van der Waals surface area contributed by atoms with Gasteiger partial charge in [0.25, 0.3) is 0 Å². The first-order valence-corrected chi connectivity index (χ1v) is 16.1. The van der Waals surface area contributed by atoms with Gasteiger partial charge in [-0.3, -0.25) is 4.79 Å². The van der Waals surface area contributed by atoms with Gasteiger partial charge in [0.05, 0.1) is 12.2 Å². The minimum Gasteiger partial charge on any atom is -0.393 e. The van der Waals surface area contributed by atoms with Crippen molar-refractivity contribution in [2.24, 2.45) is 46.3 Å². The number of hydrogen-bond acceptors (Lipinski definition) is 7. The normalized spacial score (nSPS) is 45.2. The van der Waals surface area contributed by atoms with E-state index in [0.29, 0.717) is 47.1 Å². The molecule has 3 N–H and O–H groups in total. The zero-order valence-electron chi connectivity index (χ0n) is 23.4. The van der Waals surface area contributed by atoms with Gasteiger partial charge in [0.1, 0.15) is 11.1 Å². The van der Waals surface area contributed by atoms with Crippen LogP contribution in [0.15, 0.2) is 0 Å². The van der Waals surface area contributed by atoms with Crippen LogP contribution in [-0.2, 0) is 9.53 Å². The number of fused-ring (bicyclic) bond motifs is 5. The van der Waals surface area contributed by atoms with Gasteiger partial charge in [0.15, 0.2) is 0 Å². The van der Waals surface area contributed by atoms with E-state index in [0.717, 1.165) is 56.6 Å². The molecule has 5 fully saturated rings. The molecule has 6 rings (SSSR count). The first kappa shape index (κ1) is 27.1. The molecular weight excluding hydrogens is 498 g/mol. The van der Waals surface area contributed by atoms with Crippen LogP contribution >= 0.6 is 11.3 Å². The molecule has 1 aromatic rings. The smallest absolute Gasteiger partial charge is 0.226 e. The second kappa shape index (κ2) is 10.4. The van der Waals surface area contributed by atoms with Crippen LogP contribution in [0.2, 0.25) is 0 Å². The highest BCUT2D eigenvalue weighted by Crippen LogP contribution is 2.68. The number of ether oxygens (including phenoxy) is 1. The van der Waals surface area contributed by atoms with Crippen molar-refractivity contribution < 1.29 is 19.7 Å². The Morgan fingerprint density at radius 1 is 1.08 bits per heavy atom. The van der Waals surface area contributed by atoms with E-state index in [1.165, 1.54) is 37.0 Å². The maximum atomic E-state index is 12.8. The van der Waals surface area contributed by atoms with Gasteiger partial charge in [-0.2, -0.15) is 0 Å². The largest absolute Gasteiger partial charge is 0.393 e. The molecule has 0 radical (unpaired) electrons. The number of aliphatic hydroxyl groups is 2. The summed E-state index contributed by atoms with van der Waals surface area (Å²) in [6.07, 6.45) is 11.6. The number of nitrogens with one attached hydrogen (secondary N) is 1. The van der Waals surface area contributed by atoms with E-state index in [1.807, 2.05) is 0 Å². The lowest BCUT2D eigenvalue weighted by Gasteiger charge is -2.62. The highest BCUT2D eigenvalue weighted by atomic mass is 32.1. The molecule has 7 nitrogen and oxygen atoms in total. The molecule has 5 aliphatic rings. The average molecular weight is 546 g/mol. The number of hydrogen-bond donors (Lipinski definition) is 3. The van der Waals surface area contributed by atoms with Crippen molar-refractivity contribution in [2.75, 3.05) is 11.9 Å². The number of rotatable bonds is 6. The molecule has 4 saturated carbocycles. The third-order valence-electron chi connectivity index (χ3n) is 12.1. The number of anilines is 1. The van der Waals surface area contributed by atoms with Crippen LogP contribution in [0, 0.1) is 46.3 Å². The lowest BCUT2D eigenvalue weighted by Crippen LogP contribution is -2.58. The number of aromatic nitrogens is 2. The van der Waals surface area contributed by atoms with Gasteiger partial charge >= 0.3 is 0 Å². The molecule has 4 aliphatic carbocycles. The quantitative estimate of drug-likeness (QED) is 0.421. The standard InChI is InChI=1S/C30H47N3O4S/c1-17(6-9-25(36)31-28-33-32-27(38-28)24-5-4-14-37-24)20-7-8-21-26-22(11-13-30(20,21)3)29(2)12-10-19(34)15-18(29)16-23(26)35/h17-24,26,34-35H,4-16H2,1-3H3,(H,31,33,36)/t17-,18?,19-,20?,21?,22?,23+,24?,26?,29+,30-/m1/s1. The minimum atomic E-state index is -0.237. The maximum absolute atomic E-state index is 12.8. The van der Waals surface area contributed by atoms with Crippen LogP contribution in [0.4, 0.5) is 5.13 Å². The first-order valence-electron chi connectivity index (χ1n) is 15.3. The Balaban J connectivity index is 1.07. The van der Waals surface area contributed by atoms with Crippen molar-refractivity contribution in [3.8, 4) is 0 Å². The Labute approximate surface area is 231 Å². The van der Waals surface area contributed by atoms with Crippen LogP contribution in [0.5, 0.6) is 0 Å². The molecule has 38 heavy (non-hydrogen) atoms. The number of nitrogens with zero attached hydrogens (tertiary/aromatic N) is 2. The van der Waals surface area contributed by atoms with Crippen molar-refractivity contribution in [2.45, 2.75) is 116 Å². The summed E-state index contributed by atoms with van der Waals surface area (Å²) < 4.78 is 5.69. The fourth-order valence-electron chi connectivity index (χ4n) is 10.1. The lowest BCUT2D eigenvalue weighted by atomic mass is 9.43. The van der Waals surface area contributed by atoms with E-state index in [-0.39, 0.29) is 35.0 Å². The van der Waals surface area contributed by atoms with Crippen molar-refractivity contribution in [1.29, 1.82) is 0 Å². The Hall–Kier alpha value is -1.09. The van der Waals surface area contributed by atoms with Crippen LogP contribution in [-0.4, -0.2) is 45.1 Å². The second-order valence-electron chi connectivity index (χ2n) is 14.0. The van der Waals surface area contributed by atoms with Gasteiger partial charge < -0.3 is 20.3 Å². The Morgan fingerprint density at radius 3 is 2.66 bits per heavy atom. The van der Waals surface area contributed by atoms with Crippen LogP contribution < -0.4 is 5.32 Å². The molecule has 212 valence electrons. The minimum absolute atomic E-state index is 0.0245. The fourth-order valence-corrected chi connectivity index (χ4v) is 10.9. The van der Waals surface area contributed by atoms with Crippen LogP contribution in [0.1, 0.15) is 109 Å². The summed E-state index contributed by atoms with van der Waals surface area (Å²) in [5, 5.41) is 34.6. The first-order chi connectivity index (χ1) is 18.2. The van der Waals surface area contributed by atoms with E-state index < -0.39 is 0 Å². The monoisotopic (exact) mass is 545 g/mol. The molecule has 8 heteroatoms. The summed E-state index contributed by atoms with van der Waals surface area (Å²) in [4.78, 5) is 12.8. The van der Waals surface area contributed by atoms with Crippen molar-refractivity contribution in [1.82, 2.24) is 10.2 Å². The van der Waals surface area contributed by atoms with Crippen molar-refractivity contribution >= 4 is 22.4 Å². The zero-order chi connectivity index (χ0) is 26.7. The van der Waals surface area contributed by atoms with Gasteiger partial charge in [0.2, 0.25) is 11.0 Å². The Bertz CT molecular complexity index is 1010. The van der Waals surface area contributed by atoms with E-state index in [2.05, 4.69) is 36.3 Å². The third-order valence-corrected chi connectivity index (χ3v) is 13.1. The third kappa shape index (κ3) is 4.65. The summed E-state index contributed by atoms with van der Waals surface area (Å²) in [6.45, 7) is 8.09. The van der Waals surface area contributed by atoms with Gasteiger partial charge in [-0.05, 0) is 117 Å². The molecule has 1 saturated heterocycles. The van der Waals surface area contributed by atoms with Gasteiger partial charge in [0, 0.05) is 13.0 Å². The van der Waals surface area contributed by atoms with E-state index in [4.69, 9.17) is 4.74 Å². The molecule has 0 bridgehead atoms. The van der Waals surface area contributed by atoms with E-state index in [1.54, 1.807) is 0 Å². The lowest BCUT2D eigenvalue weighted by molar-refractivity contribution is -0.174. The molecule has 1 amide bonds. The van der Waals surface area contributed by atoms with Crippen molar-refractivity contribution in [3.63, 3.8) is 0 Å². The van der Waals surface area contributed by atoms with Crippen LogP contribution in [0.25, 0.3) is 0 Å². The van der Waals surface area contributed by atoms with E-state index in [9.17, 15) is 15.0 Å². The molecular formula is C30H47N3O4S. The molecule has 0 aromatic carbocycles. The van der Waals surface area contributed by atoms with Crippen molar-refractivity contribution in [3.05, 3.63) is 5.01 Å². The second-order valence-corrected chi connectivity index (χ2v) is 15.0. The average Bonchev–Trinajstić information content (AvgIpc) is 3.63. The number of carbonyl (C=O) groups is 1. The Morgan fingerprint density at radius 2 is 1.87 bits per heavy atom. The summed E-state index contributed by atoms with van der Waals surface area (Å²) >= 11 is 1.43. The highest BCUT2D eigenvalue weighted by Gasteiger charge is 2.62. The molecule has 2 heterocycles. The summed E-state index contributed by atoms with van der Waals surface area (Å²) in [7, 11) is 0. The van der Waals surface area contributed by atoms with Crippen LogP contribution in [0.3, 0.4) is 0 Å². The maximum Gasteiger partial charge on any atom is 0.226 e. The number of aliphatic hydroxyl groups excluding tert-OH is 2. The Kier molecular flexibility index (Phi) is 7.41. The predicted molar refractivity (Wildman–Crippen MR) is 147 cm³/mol. The number of amides is 1. The topological polar surface area (TPSA) is 105 Å². The predicted octanol–water partition coefficient (Wildman–Crippen LogP) is 5.74. The SMILES string of the molecule is C[C@H](CCC(=O)Nc1nnc(C2CCCO2)s1)C1CCC2C3C(CC[C@@]21C)[C@@]1(C)CC[C@@H](O)CC1C[C@@H]3O. The molecule has 0 spiro atoms. The summed E-state index contributed by atoms with van der Waals surface area (Å²) in [6, 6.07) is 0. The zero-order valence-corrected chi connectivity index (χ0v) is 24.2. The van der Waals surface area contributed by atoms with Gasteiger partial charge in [-0.25, -0.2) is 0 Å². The molecule has 1 aliphatic heterocycles. The molecule has 11 atom stereocenters. The fraction of sp³-hybridized carbons (Fsp3) is 0.900. The number of carbonyl (C=O) groups excluding carboxylic acids is 1. The van der Waals surface area contributed by atoms with E-state index >= 15 is 0 Å². The van der Waals surface area contributed by atoms with Gasteiger partial charge in [-0.15, -0.1) is 10.2 Å². The summed E-state index contributed by atoms with van der Waals surface area (Å²) in [5.74, 6) is 3.08. The summed E-state index contributed by atoms with van der Waals surface area (Å²) in [5.41, 5.74) is 0.505. The molecule has 6 unspecified atom stereocenters. The van der Waals surface area contributed by atoms with Gasteiger partial charge in [-0.1, -0.05) is 32.1 Å².